The molecular weight excluding hydrogens is 510 g/mol. The molecule has 2 fully saturated rings. The SMILES string of the molecule is CCOC(=O)C1CCN(C(=O)CSc2nc(Cl)cc(N3CCN(CC=Cc4ccccc4)CC3)n2)CC1. The van der Waals surface area contributed by atoms with Crippen LogP contribution in [0.1, 0.15) is 25.3 Å². The topological polar surface area (TPSA) is 78.9 Å². The Kier molecular flexibility index (Phi) is 10.2. The second-order valence-electron chi connectivity index (χ2n) is 9.13. The van der Waals surface area contributed by atoms with E-state index in [1.807, 2.05) is 25.1 Å². The Morgan fingerprint density at radius 2 is 1.81 bits per heavy atom. The van der Waals surface area contributed by atoms with Gasteiger partial charge in [0.25, 0.3) is 0 Å². The Morgan fingerprint density at radius 3 is 2.51 bits per heavy atom. The fourth-order valence-corrected chi connectivity index (χ4v) is 5.50. The van der Waals surface area contributed by atoms with Crippen LogP contribution in [0, 0.1) is 5.92 Å². The lowest BCUT2D eigenvalue weighted by Gasteiger charge is -2.35. The van der Waals surface area contributed by atoms with Crippen LogP contribution in [0.2, 0.25) is 5.15 Å². The Balaban J connectivity index is 1.23. The van der Waals surface area contributed by atoms with Crippen molar-refractivity contribution in [3.63, 3.8) is 0 Å². The number of piperazine rings is 1. The lowest BCUT2D eigenvalue weighted by atomic mass is 9.97. The number of esters is 1. The summed E-state index contributed by atoms with van der Waals surface area (Å²) in [6.07, 6.45) is 5.64. The molecule has 3 heterocycles. The summed E-state index contributed by atoms with van der Waals surface area (Å²) in [7, 11) is 0. The highest BCUT2D eigenvalue weighted by Crippen LogP contribution is 2.24. The molecule has 0 aliphatic carbocycles. The van der Waals surface area contributed by atoms with Crippen LogP contribution >= 0.6 is 23.4 Å². The van der Waals surface area contributed by atoms with Crippen molar-refractivity contribution in [1.29, 1.82) is 0 Å². The lowest BCUT2D eigenvalue weighted by molar-refractivity contribution is -0.151. The third kappa shape index (κ3) is 8.18. The minimum Gasteiger partial charge on any atom is -0.466 e. The predicted molar refractivity (Wildman–Crippen MR) is 148 cm³/mol. The van der Waals surface area contributed by atoms with E-state index in [-0.39, 0.29) is 23.5 Å². The van der Waals surface area contributed by atoms with Crippen molar-refractivity contribution in [3.05, 3.63) is 53.2 Å². The molecule has 1 amide bonds. The fraction of sp³-hybridized carbons (Fsp3) is 0.481. The van der Waals surface area contributed by atoms with Gasteiger partial charge in [0.2, 0.25) is 5.91 Å². The number of hydrogen-bond donors (Lipinski definition) is 0. The number of nitrogens with zero attached hydrogens (tertiary/aromatic N) is 5. The van der Waals surface area contributed by atoms with Crippen molar-refractivity contribution in [2.24, 2.45) is 5.92 Å². The van der Waals surface area contributed by atoms with Crippen LogP contribution < -0.4 is 4.90 Å². The summed E-state index contributed by atoms with van der Waals surface area (Å²) in [5.74, 6) is 0.786. The van der Waals surface area contributed by atoms with Crippen LogP contribution in [0.5, 0.6) is 0 Å². The summed E-state index contributed by atoms with van der Waals surface area (Å²) >= 11 is 7.61. The molecule has 0 bridgehead atoms. The van der Waals surface area contributed by atoms with Crippen LogP contribution in [0.25, 0.3) is 6.08 Å². The van der Waals surface area contributed by atoms with Gasteiger partial charge < -0.3 is 14.5 Å². The molecule has 0 radical (unpaired) electrons. The maximum absolute atomic E-state index is 12.7. The number of piperidine rings is 1. The number of carbonyl (C=O) groups excluding carboxylic acids is 2. The van der Waals surface area contributed by atoms with Crippen molar-refractivity contribution in [1.82, 2.24) is 19.8 Å². The largest absolute Gasteiger partial charge is 0.466 e. The molecule has 10 heteroatoms. The molecule has 8 nitrogen and oxygen atoms in total. The molecule has 0 N–H and O–H groups in total. The van der Waals surface area contributed by atoms with E-state index in [0.29, 0.717) is 42.8 Å². The molecule has 4 rings (SSSR count). The number of halogens is 1. The van der Waals surface area contributed by atoms with Gasteiger partial charge in [0, 0.05) is 51.9 Å². The molecular formula is C27H34ClN5O3S. The van der Waals surface area contributed by atoms with Gasteiger partial charge in [-0.1, -0.05) is 65.8 Å². The first-order valence-corrected chi connectivity index (χ1v) is 14.2. The molecule has 37 heavy (non-hydrogen) atoms. The average Bonchev–Trinajstić information content (AvgIpc) is 2.92. The summed E-state index contributed by atoms with van der Waals surface area (Å²) in [6.45, 7) is 7.81. The number of carbonyl (C=O) groups is 2. The Hall–Kier alpha value is -2.62. The van der Waals surface area contributed by atoms with Crippen molar-refractivity contribution in [2.45, 2.75) is 24.9 Å². The van der Waals surface area contributed by atoms with E-state index in [4.69, 9.17) is 16.3 Å². The van der Waals surface area contributed by atoms with Gasteiger partial charge >= 0.3 is 5.97 Å². The van der Waals surface area contributed by atoms with Gasteiger partial charge in [-0.3, -0.25) is 14.5 Å². The highest BCUT2D eigenvalue weighted by atomic mass is 35.5. The maximum Gasteiger partial charge on any atom is 0.309 e. The zero-order valence-corrected chi connectivity index (χ0v) is 22.8. The van der Waals surface area contributed by atoms with Crippen molar-refractivity contribution < 1.29 is 14.3 Å². The quantitative estimate of drug-likeness (QED) is 0.204. The normalized spacial score (nSPS) is 17.4. The number of ether oxygens (including phenoxy) is 1. The van der Waals surface area contributed by atoms with E-state index in [1.165, 1.54) is 17.3 Å². The number of aromatic nitrogens is 2. The summed E-state index contributed by atoms with van der Waals surface area (Å²) in [4.78, 5) is 40.1. The smallest absolute Gasteiger partial charge is 0.309 e. The number of thioether (sulfide) groups is 1. The lowest BCUT2D eigenvalue weighted by Crippen LogP contribution is -2.46. The molecule has 2 aromatic rings. The average molecular weight is 544 g/mol. The van der Waals surface area contributed by atoms with Crippen molar-refractivity contribution in [3.8, 4) is 0 Å². The van der Waals surface area contributed by atoms with Crippen molar-refractivity contribution >= 4 is 47.1 Å². The van der Waals surface area contributed by atoms with E-state index in [9.17, 15) is 9.59 Å². The van der Waals surface area contributed by atoms with Gasteiger partial charge in [-0.2, -0.15) is 0 Å². The van der Waals surface area contributed by atoms with E-state index in [0.717, 1.165) is 38.5 Å². The number of amides is 1. The van der Waals surface area contributed by atoms with Crippen LogP contribution in [0.3, 0.4) is 0 Å². The first-order chi connectivity index (χ1) is 18.0. The molecule has 2 aliphatic rings. The number of benzene rings is 1. The molecule has 0 unspecified atom stereocenters. The molecule has 1 aromatic heterocycles. The van der Waals surface area contributed by atoms with E-state index in [1.54, 1.807) is 11.0 Å². The first-order valence-electron chi connectivity index (χ1n) is 12.8. The van der Waals surface area contributed by atoms with Gasteiger partial charge in [-0.25, -0.2) is 9.97 Å². The van der Waals surface area contributed by atoms with Gasteiger partial charge in [-0.05, 0) is 25.3 Å². The Morgan fingerprint density at radius 1 is 1.08 bits per heavy atom. The van der Waals surface area contributed by atoms with Gasteiger partial charge in [0.15, 0.2) is 5.16 Å². The highest BCUT2D eigenvalue weighted by Gasteiger charge is 2.28. The minimum atomic E-state index is -0.159. The molecule has 0 atom stereocenters. The number of likely N-dealkylation sites (tertiary alicyclic amines) is 1. The standard InChI is InChI=1S/C27H34ClN5O3S/c1-2-36-26(35)22-10-13-33(14-11-22)25(34)20-37-27-29-23(28)19-24(30-27)32-17-15-31(16-18-32)12-6-9-21-7-4-3-5-8-21/h3-9,19,22H,2,10-18,20H2,1H3. The Labute approximate surface area is 228 Å². The van der Waals surface area contributed by atoms with Crippen molar-refractivity contribution in [2.75, 3.05) is 63.1 Å². The molecule has 0 spiro atoms. The van der Waals surface area contributed by atoms with Crippen LogP contribution in [-0.2, 0) is 14.3 Å². The van der Waals surface area contributed by atoms with Crippen LogP contribution in [0.4, 0.5) is 5.82 Å². The van der Waals surface area contributed by atoms with E-state index >= 15 is 0 Å². The van der Waals surface area contributed by atoms with Crippen LogP contribution in [-0.4, -0.2) is 89.8 Å². The number of anilines is 1. The number of hydrogen-bond acceptors (Lipinski definition) is 8. The monoisotopic (exact) mass is 543 g/mol. The number of rotatable bonds is 9. The second-order valence-corrected chi connectivity index (χ2v) is 10.5. The molecule has 2 aliphatic heterocycles. The van der Waals surface area contributed by atoms with Gasteiger partial charge in [0.1, 0.15) is 11.0 Å². The third-order valence-electron chi connectivity index (χ3n) is 6.62. The van der Waals surface area contributed by atoms with Crippen LogP contribution in [0.15, 0.2) is 47.6 Å². The second kappa shape index (κ2) is 13.8. The fourth-order valence-electron chi connectivity index (χ4n) is 4.52. The predicted octanol–water partition coefficient (Wildman–Crippen LogP) is 3.86. The molecule has 198 valence electrons. The summed E-state index contributed by atoms with van der Waals surface area (Å²) in [6, 6.07) is 12.1. The molecule has 0 saturated carbocycles. The minimum absolute atomic E-state index is 0.0228. The summed E-state index contributed by atoms with van der Waals surface area (Å²) in [5.41, 5.74) is 1.21. The maximum atomic E-state index is 12.7. The molecule has 2 saturated heterocycles. The zero-order chi connectivity index (χ0) is 26.0. The van der Waals surface area contributed by atoms with E-state index < -0.39 is 0 Å². The molecule has 1 aromatic carbocycles. The third-order valence-corrected chi connectivity index (χ3v) is 7.65. The van der Waals surface area contributed by atoms with Gasteiger partial charge in [-0.15, -0.1) is 0 Å². The van der Waals surface area contributed by atoms with E-state index in [2.05, 4.69) is 44.1 Å². The summed E-state index contributed by atoms with van der Waals surface area (Å²) < 4.78 is 5.11. The summed E-state index contributed by atoms with van der Waals surface area (Å²) in [5, 5.41) is 0.883. The van der Waals surface area contributed by atoms with Gasteiger partial charge in [0.05, 0.1) is 18.3 Å². The highest BCUT2D eigenvalue weighted by molar-refractivity contribution is 7.99. The Bertz CT molecular complexity index is 1070. The zero-order valence-electron chi connectivity index (χ0n) is 21.2. The first kappa shape index (κ1) is 27.4.